The van der Waals surface area contributed by atoms with E-state index in [9.17, 15) is 0 Å². The van der Waals surface area contributed by atoms with E-state index in [0.29, 0.717) is 10.8 Å². The lowest BCUT2D eigenvalue weighted by molar-refractivity contribution is 0.460. The smallest absolute Gasteiger partial charge is 0.131 e. The maximum atomic E-state index is 5.85. The summed E-state index contributed by atoms with van der Waals surface area (Å²) >= 11 is 5.85. The molecule has 0 N–H and O–H groups in total. The Morgan fingerprint density at radius 2 is 1.05 bits per heavy atom. The van der Waals surface area contributed by atoms with Gasteiger partial charge in [-0.1, -0.05) is 35.9 Å². The van der Waals surface area contributed by atoms with Crippen LogP contribution in [-0.2, 0) is 0 Å². The Morgan fingerprint density at radius 1 is 0.524 bits per heavy atom. The molecule has 2 nitrogen and oxygen atoms in total. The van der Waals surface area contributed by atoms with Crippen LogP contribution in [-0.4, -0.2) is 0 Å². The van der Waals surface area contributed by atoms with Gasteiger partial charge in [-0.15, -0.1) is 0 Å². The Kier molecular flexibility index (Phi) is 4.08. The maximum absolute atomic E-state index is 5.85. The Bertz CT molecular complexity index is 709. The number of rotatable bonds is 4. The number of hydrogen-bond donors (Lipinski definition) is 0. The highest BCUT2D eigenvalue weighted by Crippen LogP contribution is 2.28. The fraction of sp³-hybridized carbons (Fsp3) is 0. The Morgan fingerprint density at radius 3 is 1.67 bits per heavy atom. The second-order valence-electron chi connectivity index (χ2n) is 4.45. The third kappa shape index (κ3) is 3.77. The minimum atomic E-state index is 0.684. The minimum Gasteiger partial charge on any atom is -0.457 e. The third-order valence-corrected chi connectivity index (χ3v) is 3.09. The van der Waals surface area contributed by atoms with E-state index in [1.54, 1.807) is 12.1 Å². The number of ether oxygens (including phenoxy) is 2. The van der Waals surface area contributed by atoms with Crippen molar-refractivity contribution in [3.05, 3.63) is 83.9 Å². The van der Waals surface area contributed by atoms with Crippen LogP contribution in [0.1, 0.15) is 0 Å². The third-order valence-electron chi connectivity index (χ3n) is 2.83. The Hall–Kier alpha value is -2.45. The van der Waals surface area contributed by atoms with E-state index in [1.165, 1.54) is 0 Å². The fourth-order valence-corrected chi connectivity index (χ4v) is 1.99. The average molecular weight is 297 g/mol. The number of benzene rings is 3. The largest absolute Gasteiger partial charge is 0.457 e. The van der Waals surface area contributed by atoms with E-state index in [-0.39, 0.29) is 0 Å². The molecule has 0 saturated carbocycles. The Labute approximate surface area is 128 Å². The van der Waals surface area contributed by atoms with Crippen molar-refractivity contribution < 1.29 is 9.47 Å². The summed E-state index contributed by atoms with van der Waals surface area (Å²) in [6.45, 7) is 0. The van der Waals surface area contributed by atoms with Gasteiger partial charge < -0.3 is 9.47 Å². The molecule has 0 saturated heterocycles. The molecule has 3 aromatic rings. The van der Waals surface area contributed by atoms with Gasteiger partial charge in [0.15, 0.2) is 0 Å². The maximum Gasteiger partial charge on any atom is 0.131 e. The normalized spacial score (nSPS) is 10.1. The standard InChI is InChI=1S/C18H13ClO2/c19-14-9-11-16(12-10-14)21-18-8-4-7-17(13-18)20-15-5-2-1-3-6-15/h1-13H. The van der Waals surface area contributed by atoms with Crippen molar-refractivity contribution in [1.29, 1.82) is 0 Å². The average Bonchev–Trinajstić information content (AvgIpc) is 2.51. The van der Waals surface area contributed by atoms with E-state index < -0.39 is 0 Å². The first kappa shape index (κ1) is 13.5. The molecule has 3 rings (SSSR count). The van der Waals surface area contributed by atoms with Crippen LogP contribution in [0.25, 0.3) is 0 Å². The zero-order valence-electron chi connectivity index (χ0n) is 11.2. The molecule has 0 atom stereocenters. The van der Waals surface area contributed by atoms with Crippen molar-refractivity contribution in [2.75, 3.05) is 0 Å². The van der Waals surface area contributed by atoms with Gasteiger partial charge in [0.1, 0.15) is 23.0 Å². The molecule has 0 aromatic heterocycles. The van der Waals surface area contributed by atoms with Crippen molar-refractivity contribution in [2.45, 2.75) is 0 Å². The molecule has 0 radical (unpaired) electrons. The number of halogens is 1. The fourth-order valence-electron chi connectivity index (χ4n) is 1.86. The minimum absolute atomic E-state index is 0.684. The molecule has 0 aliphatic heterocycles. The Balaban J connectivity index is 1.75. The second kappa shape index (κ2) is 6.33. The molecule has 0 fully saturated rings. The highest BCUT2D eigenvalue weighted by molar-refractivity contribution is 6.30. The topological polar surface area (TPSA) is 18.5 Å². The summed E-state index contributed by atoms with van der Waals surface area (Å²) in [7, 11) is 0. The van der Waals surface area contributed by atoms with Crippen LogP contribution >= 0.6 is 11.6 Å². The molecule has 0 unspecified atom stereocenters. The van der Waals surface area contributed by atoms with Crippen molar-refractivity contribution in [3.8, 4) is 23.0 Å². The van der Waals surface area contributed by atoms with Gasteiger partial charge in [0.05, 0.1) is 0 Å². The van der Waals surface area contributed by atoms with Crippen LogP contribution in [0.15, 0.2) is 78.9 Å². The number of para-hydroxylation sites is 1. The molecule has 104 valence electrons. The van der Waals surface area contributed by atoms with Gasteiger partial charge in [-0.3, -0.25) is 0 Å². The van der Waals surface area contributed by atoms with Gasteiger partial charge in [-0.25, -0.2) is 0 Å². The van der Waals surface area contributed by atoms with Crippen LogP contribution in [0.2, 0.25) is 5.02 Å². The molecule has 21 heavy (non-hydrogen) atoms. The SMILES string of the molecule is Clc1ccc(Oc2cccc(Oc3ccccc3)c2)cc1. The molecule has 0 spiro atoms. The molecule has 0 heterocycles. The first-order valence-corrected chi connectivity index (χ1v) is 6.94. The summed E-state index contributed by atoms with van der Waals surface area (Å²) in [5.41, 5.74) is 0. The predicted molar refractivity (Wildman–Crippen MR) is 84.5 cm³/mol. The van der Waals surface area contributed by atoms with Crippen molar-refractivity contribution in [1.82, 2.24) is 0 Å². The van der Waals surface area contributed by atoms with Gasteiger partial charge in [0.2, 0.25) is 0 Å². The highest BCUT2D eigenvalue weighted by atomic mass is 35.5. The van der Waals surface area contributed by atoms with E-state index >= 15 is 0 Å². The molecule has 3 aromatic carbocycles. The first-order chi connectivity index (χ1) is 10.3. The molecule has 0 aliphatic carbocycles. The first-order valence-electron chi connectivity index (χ1n) is 6.56. The van der Waals surface area contributed by atoms with Gasteiger partial charge >= 0.3 is 0 Å². The van der Waals surface area contributed by atoms with Crippen LogP contribution in [0.4, 0.5) is 0 Å². The molecular weight excluding hydrogens is 284 g/mol. The van der Waals surface area contributed by atoms with Gasteiger partial charge in [-0.2, -0.15) is 0 Å². The van der Waals surface area contributed by atoms with Crippen LogP contribution in [0.3, 0.4) is 0 Å². The summed E-state index contributed by atoms with van der Waals surface area (Å²) in [4.78, 5) is 0. The lowest BCUT2D eigenvalue weighted by Gasteiger charge is -2.09. The van der Waals surface area contributed by atoms with E-state index in [2.05, 4.69) is 0 Å². The summed E-state index contributed by atoms with van der Waals surface area (Å²) < 4.78 is 11.5. The summed E-state index contributed by atoms with van der Waals surface area (Å²) in [6.07, 6.45) is 0. The lowest BCUT2D eigenvalue weighted by Crippen LogP contribution is -1.86. The molecule has 0 bridgehead atoms. The summed E-state index contributed by atoms with van der Waals surface area (Å²) in [5.74, 6) is 2.97. The second-order valence-corrected chi connectivity index (χ2v) is 4.88. The number of hydrogen-bond acceptors (Lipinski definition) is 2. The highest BCUT2D eigenvalue weighted by Gasteiger charge is 2.01. The molecule has 3 heteroatoms. The molecule has 0 aliphatic rings. The van der Waals surface area contributed by atoms with Gasteiger partial charge in [0, 0.05) is 11.1 Å². The van der Waals surface area contributed by atoms with E-state index in [0.717, 1.165) is 17.2 Å². The lowest BCUT2D eigenvalue weighted by atomic mass is 10.3. The summed E-state index contributed by atoms with van der Waals surface area (Å²) in [6, 6.07) is 24.4. The van der Waals surface area contributed by atoms with Crippen molar-refractivity contribution >= 4 is 11.6 Å². The zero-order valence-corrected chi connectivity index (χ0v) is 12.0. The van der Waals surface area contributed by atoms with Crippen LogP contribution in [0, 0.1) is 0 Å². The molecule has 0 amide bonds. The van der Waals surface area contributed by atoms with E-state index in [1.807, 2.05) is 66.7 Å². The summed E-state index contributed by atoms with van der Waals surface area (Å²) in [5, 5.41) is 0.684. The molecular formula is C18H13ClO2. The van der Waals surface area contributed by atoms with Gasteiger partial charge in [0.25, 0.3) is 0 Å². The van der Waals surface area contributed by atoms with Crippen molar-refractivity contribution in [3.63, 3.8) is 0 Å². The predicted octanol–water partition coefficient (Wildman–Crippen LogP) is 5.92. The van der Waals surface area contributed by atoms with Crippen LogP contribution in [0.5, 0.6) is 23.0 Å². The quantitative estimate of drug-likeness (QED) is 0.594. The van der Waals surface area contributed by atoms with Gasteiger partial charge in [-0.05, 0) is 48.5 Å². The monoisotopic (exact) mass is 296 g/mol. The van der Waals surface area contributed by atoms with Crippen molar-refractivity contribution in [2.24, 2.45) is 0 Å². The van der Waals surface area contributed by atoms with E-state index in [4.69, 9.17) is 21.1 Å². The zero-order chi connectivity index (χ0) is 14.5. The van der Waals surface area contributed by atoms with Crippen LogP contribution < -0.4 is 9.47 Å².